The largest absolute Gasteiger partial charge is 0.480 e. The maximum absolute atomic E-state index is 11.8. The molecule has 19 heavy (non-hydrogen) atoms. The molecule has 8 heteroatoms. The van der Waals surface area contributed by atoms with Crippen molar-refractivity contribution in [3.63, 3.8) is 0 Å². The summed E-state index contributed by atoms with van der Waals surface area (Å²) in [4.78, 5) is 26.9. The Morgan fingerprint density at radius 3 is 2.74 bits per heavy atom. The Hall–Kier alpha value is -2.12. The molecular weight excluding hydrogens is 250 g/mol. The highest BCUT2D eigenvalue weighted by molar-refractivity contribution is 5.85. The van der Waals surface area contributed by atoms with Crippen molar-refractivity contribution in [2.75, 3.05) is 0 Å². The van der Waals surface area contributed by atoms with Crippen molar-refractivity contribution in [2.45, 2.75) is 45.2 Å². The zero-order valence-corrected chi connectivity index (χ0v) is 11.2. The van der Waals surface area contributed by atoms with E-state index in [1.807, 2.05) is 6.92 Å². The lowest BCUT2D eigenvalue weighted by molar-refractivity contribution is -0.144. The molecule has 0 spiro atoms. The van der Waals surface area contributed by atoms with Crippen LogP contribution in [0.1, 0.15) is 45.5 Å². The lowest BCUT2D eigenvalue weighted by Crippen LogP contribution is -2.55. The van der Waals surface area contributed by atoms with Crippen molar-refractivity contribution < 1.29 is 14.7 Å². The molecule has 2 unspecified atom stereocenters. The van der Waals surface area contributed by atoms with Crippen LogP contribution in [0.3, 0.4) is 0 Å². The number of H-pyrrole nitrogens is 1. The molecule has 0 aromatic carbocycles. The zero-order chi connectivity index (χ0) is 14.5. The van der Waals surface area contributed by atoms with Gasteiger partial charge in [0.2, 0.25) is 0 Å². The number of carbonyl (C=O) groups is 2. The first-order chi connectivity index (χ1) is 8.89. The lowest BCUT2D eigenvalue weighted by Gasteiger charge is -2.26. The number of aromatic nitrogens is 3. The number of hydrogen-bond acceptors (Lipinski definition) is 4. The summed E-state index contributed by atoms with van der Waals surface area (Å²) < 4.78 is 0. The third-order valence-electron chi connectivity index (χ3n) is 2.80. The topological polar surface area (TPSA) is 120 Å². The normalized spacial score (nSPS) is 15.3. The van der Waals surface area contributed by atoms with Crippen LogP contribution in [0.4, 0.5) is 4.79 Å². The Morgan fingerprint density at radius 2 is 2.26 bits per heavy atom. The average molecular weight is 269 g/mol. The number of rotatable bonds is 6. The van der Waals surface area contributed by atoms with Crippen molar-refractivity contribution in [2.24, 2.45) is 0 Å². The predicted octanol–water partition coefficient (Wildman–Crippen LogP) is 0.808. The molecule has 0 saturated carbocycles. The molecule has 2 atom stereocenters. The fourth-order valence-corrected chi connectivity index (χ4v) is 1.70. The first-order valence-corrected chi connectivity index (χ1v) is 6.06. The number of aromatic amines is 1. The van der Waals surface area contributed by atoms with Gasteiger partial charge in [0.15, 0.2) is 0 Å². The molecule has 0 aliphatic carbocycles. The summed E-state index contributed by atoms with van der Waals surface area (Å²) in [6.45, 7) is 5.06. The number of aliphatic carboxylic acids is 1. The van der Waals surface area contributed by atoms with Gasteiger partial charge in [0.1, 0.15) is 17.7 Å². The first-order valence-electron chi connectivity index (χ1n) is 6.06. The monoisotopic (exact) mass is 269 g/mol. The summed E-state index contributed by atoms with van der Waals surface area (Å²) in [7, 11) is 0. The number of nitrogens with one attached hydrogen (secondary N) is 3. The molecule has 2 amide bonds. The van der Waals surface area contributed by atoms with E-state index in [1.54, 1.807) is 6.92 Å². The summed E-state index contributed by atoms with van der Waals surface area (Å²) in [6, 6.07) is -0.940. The molecule has 0 bridgehead atoms. The smallest absolute Gasteiger partial charge is 0.329 e. The van der Waals surface area contributed by atoms with Crippen LogP contribution in [0.5, 0.6) is 0 Å². The molecule has 0 aliphatic rings. The van der Waals surface area contributed by atoms with Crippen LogP contribution in [0.2, 0.25) is 0 Å². The number of amides is 2. The third kappa shape index (κ3) is 3.94. The van der Waals surface area contributed by atoms with Crippen molar-refractivity contribution in [3.8, 4) is 0 Å². The minimum absolute atomic E-state index is 0.354. The van der Waals surface area contributed by atoms with Gasteiger partial charge in [-0.05, 0) is 20.3 Å². The van der Waals surface area contributed by atoms with Gasteiger partial charge in [-0.15, -0.1) is 0 Å². The molecular formula is C11H19N5O3. The van der Waals surface area contributed by atoms with E-state index < -0.39 is 17.5 Å². The minimum atomic E-state index is -1.28. The second kappa shape index (κ2) is 6.17. The fraction of sp³-hybridized carbons (Fsp3) is 0.636. The van der Waals surface area contributed by atoms with Crippen molar-refractivity contribution in [1.82, 2.24) is 25.8 Å². The van der Waals surface area contributed by atoms with E-state index in [4.69, 9.17) is 5.11 Å². The van der Waals surface area contributed by atoms with E-state index in [9.17, 15) is 9.59 Å². The van der Waals surface area contributed by atoms with Crippen LogP contribution in [0.15, 0.2) is 6.33 Å². The molecule has 106 valence electrons. The van der Waals surface area contributed by atoms with E-state index in [-0.39, 0.29) is 6.04 Å². The zero-order valence-electron chi connectivity index (χ0n) is 11.2. The summed E-state index contributed by atoms with van der Waals surface area (Å²) in [5, 5.41) is 20.6. The molecule has 1 aromatic heterocycles. The lowest BCUT2D eigenvalue weighted by atomic mass is 9.97. The summed E-state index contributed by atoms with van der Waals surface area (Å²) >= 11 is 0. The molecule has 0 radical (unpaired) electrons. The van der Waals surface area contributed by atoms with Crippen LogP contribution < -0.4 is 10.6 Å². The number of carbonyl (C=O) groups excluding carboxylic acids is 1. The van der Waals surface area contributed by atoms with Gasteiger partial charge in [0.05, 0.1) is 6.04 Å². The summed E-state index contributed by atoms with van der Waals surface area (Å²) in [5.74, 6) is -0.556. The van der Waals surface area contributed by atoms with Crippen LogP contribution in [0, 0.1) is 0 Å². The highest BCUT2D eigenvalue weighted by atomic mass is 16.4. The number of urea groups is 1. The number of hydrogen-bond donors (Lipinski definition) is 4. The maximum atomic E-state index is 11.8. The average Bonchev–Trinajstić information content (AvgIpc) is 2.81. The van der Waals surface area contributed by atoms with E-state index >= 15 is 0 Å². The van der Waals surface area contributed by atoms with Gasteiger partial charge in [-0.1, -0.05) is 13.3 Å². The van der Waals surface area contributed by atoms with Crippen LogP contribution in [0.25, 0.3) is 0 Å². The van der Waals surface area contributed by atoms with Gasteiger partial charge in [-0.3, -0.25) is 5.10 Å². The fourth-order valence-electron chi connectivity index (χ4n) is 1.70. The number of nitrogens with zero attached hydrogens (tertiary/aromatic N) is 2. The quantitative estimate of drug-likeness (QED) is 0.609. The summed E-state index contributed by atoms with van der Waals surface area (Å²) in [6.07, 6.45) is 2.34. The Bertz CT molecular complexity index is 434. The number of carboxylic acid groups (broad SMARTS) is 1. The van der Waals surface area contributed by atoms with Gasteiger partial charge in [-0.2, -0.15) is 5.10 Å². The number of carboxylic acids is 1. The Morgan fingerprint density at radius 1 is 1.58 bits per heavy atom. The molecule has 1 aromatic rings. The SMILES string of the molecule is CCCC(C)(NC(=O)NC(C)c1ncn[nH]1)C(=O)O. The van der Waals surface area contributed by atoms with Gasteiger partial charge in [0, 0.05) is 0 Å². The van der Waals surface area contributed by atoms with E-state index in [0.717, 1.165) is 0 Å². The van der Waals surface area contributed by atoms with Crippen LogP contribution in [-0.4, -0.2) is 37.8 Å². The molecule has 1 rings (SSSR count). The molecule has 0 aliphatic heterocycles. The van der Waals surface area contributed by atoms with Gasteiger partial charge in [0.25, 0.3) is 0 Å². The summed E-state index contributed by atoms with van der Waals surface area (Å²) in [5.41, 5.74) is -1.28. The van der Waals surface area contributed by atoms with Crippen molar-refractivity contribution >= 4 is 12.0 Å². The van der Waals surface area contributed by atoms with Crippen LogP contribution >= 0.6 is 0 Å². The first kappa shape index (κ1) is 14.9. The molecule has 0 fully saturated rings. The van der Waals surface area contributed by atoms with Crippen LogP contribution in [-0.2, 0) is 4.79 Å². The third-order valence-corrected chi connectivity index (χ3v) is 2.80. The highest BCUT2D eigenvalue weighted by Crippen LogP contribution is 2.13. The molecule has 8 nitrogen and oxygen atoms in total. The van der Waals surface area contributed by atoms with Gasteiger partial charge >= 0.3 is 12.0 Å². The second-order valence-electron chi connectivity index (χ2n) is 4.58. The molecule has 4 N–H and O–H groups in total. The molecule has 0 saturated heterocycles. The maximum Gasteiger partial charge on any atom is 0.329 e. The minimum Gasteiger partial charge on any atom is -0.480 e. The van der Waals surface area contributed by atoms with E-state index in [1.165, 1.54) is 13.3 Å². The Labute approximate surface area is 111 Å². The predicted molar refractivity (Wildman–Crippen MR) is 67.4 cm³/mol. The Balaban J connectivity index is 2.61. The molecule has 1 heterocycles. The highest BCUT2D eigenvalue weighted by Gasteiger charge is 2.34. The van der Waals surface area contributed by atoms with Crippen molar-refractivity contribution in [3.05, 3.63) is 12.2 Å². The van der Waals surface area contributed by atoms with Crippen molar-refractivity contribution in [1.29, 1.82) is 0 Å². The Kier molecular flexibility index (Phi) is 4.85. The second-order valence-corrected chi connectivity index (χ2v) is 4.58. The standard InChI is InChI=1S/C11H19N5O3/c1-4-5-11(3,9(17)18)15-10(19)14-7(2)8-12-6-13-16-8/h6-7H,4-5H2,1-3H3,(H,17,18)(H,12,13,16)(H2,14,15,19). The van der Waals surface area contributed by atoms with E-state index in [0.29, 0.717) is 18.7 Å². The van der Waals surface area contributed by atoms with Gasteiger partial charge < -0.3 is 15.7 Å². The van der Waals surface area contributed by atoms with E-state index in [2.05, 4.69) is 25.8 Å². The van der Waals surface area contributed by atoms with Gasteiger partial charge in [-0.25, -0.2) is 14.6 Å².